The summed E-state index contributed by atoms with van der Waals surface area (Å²) in [4.78, 5) is 12.9. The zero-order chi connectivity index (χ0) is 12.9. The number of thiophene rings is 1. The summed E-state index contributed by atoms with van der Waals surface area (Å²) >= 11 is 1.74. The highest BCUT2D eigenvalue weighted by Gasteiger charge is 2.13. The first kappa shape index (κ1) is 14.2. The molecular weight excluding hydrogens is 232 g/mol. The van der Waals surface area contributed by atoms with Crippen molar-refractivity contribution in [1.82, 2.24) is 10.6 Å². The Labute approximate surface area is 108 Å². The van der Waals surface area contributed by atoms with Gasteiger partial charge < -0.3 is 10.6 Å². The molecule has 0 aliphatic rings. The lowest BCUT2D eigenvalue weighted by Gasteiger charge is -2.20. The van der Waals surface area contributed by atoms with Gasteiger partial charge in [-0.2, -0.15) is 0 Å². The molecule has 0 saturated carbocycles. The van der Waals surface area contributed by atoms with Crippen LogP contribution in [0.3, 0.4) is 0 Å². The summed E-state index contributed by atoms with van der Waals surface area (Å²) in [5.74, 6) is 0.0482. The molecule has 0 fully saturated rings. The van der Waals surface area contributed by atoms with Crippen LogP contribution < -0.4 is 10.6 Å². The molecule has 17 heavy (non-hydrogen) atoms. The number of nitrogens with one attached hydrogen (secondary N) is 2. The molecule has 0 radical (unpaired) electrons. The van der Waals surface area contributed by atoms with Crippen molar-refractivity contribution < 1.29 is 4.79 Å². The SMILES string of the molecule is CCc1ccsc1CNCC(=O)NC(C)(C)C. The summed E-state index contributed by atoms with van der Waals surface area (Å²) < 4.78 is 0. The lowest BCUT2D eigenvalue weighted by Crippen LogP contribution is -2.44. The number of aryl methyl sites for hydroxylation is 1. The van der Waals surface area contributed by atoms with Gasteiger partial charge in [-0.15, -0.1) is 11.3 Å². The summed E-state index contributed by atoms with van der Waals surface area (Å²) in [6.45, 7) is 9.26. The second kappa shape index (κ2) is 6.17. The van der Waals surface area contributed by atoms with Crippen LogP contribution in [-0.2, 0) is 17.8 Å². The molecular formula is C13H22N2OS. The molecule has 1 heterocycles. The number of rotatable bonds is 5. The predicted molar refractivity (Wildman–Crippen MR) is 73.3 cm³/mol. The molecule has 1 aromatic heterocycles. The van der Waals surface area contributed by atoms with E-state index in [1.165, 1.54) is 10.4 Å². The molecule has 1 rings (SSSR count). The molecule has 4 heteroatoms. The third-order valence-electron chi connectivity index (χ3n) is 2.30. The van der Waals surface area contributed by atoms with Crippen LogP contribution in [0, 0.1) is 0 Å². The van der Waals surface area contributed by atoms with Crippen molar-refractivity contribution in [2.24, 2.45) is 0 Å². The smallest absolute Gasteiger partial charge is 0.234 e. The van der Waals surface area contributed by atoms with Gasteiger partial charge in [0.05, 0.1) is 6.54 Å². The highest BCUT2D eigenvalue weighted by atomic mass is 32.1. The van der Waals surface area contributed by atoms with Crippen molar-refractivity contribution >= 4 is 17.2 Å². The Balaban J connectivity index is 2.31. The fourth-order valence-electron chi connectivity index (χ4n) is 1.59. The number of hydrogen-bond donors (Lipinski definition) is 2. The normalized spacial score (nSPS) is 11.5. The maximum atomic E-state index is 11.6. The molecule has 1 amide bonds. The monoisotopic (exact) mass is 254 g/mol. The van der Waals surface area contributed by atoms with Crippen molar-refractivity contribution in [3.63, 3.8) is 0 Å². The highest BCUT2D eigenvalue weighted by Crippen LogP contribution is 2.16. The van der Waals surface area contributed by atoms with E-state index < -0.39 is 0 Å². The van der Waals surface area contributed by atoms with E-state index in [4.69, 9.17) is 0 Å². The van der Waals surface area contributed by atoms with Crippen molar-refractivity contribution in [2.45, 2.75) is 46.2 Å². The lowest BCUT2D eigenvalue weighted by atomic mass is 10.1. The molecule has 0 aliphatic heterocycles. The van der Waals surface area contributed by atoms with Gasteiger partial charge in [0, 0.05) is 17.0 Å². The molecule has 0 spiro atoms. The second-order valence-electron chi connectivity index (χ2n) is 5.12. The molecule has 3 nitrogen and oxygen atoms in total. The number of amides is 1. The fraction of sp³-hybridized carbons (Fsp3) is 0.615. The van der Waals surface area contributed by atoms with E-state index in [1.807, 2.05) is 20.8 Å². The Morgan fingerprint density at radius 1 is 1.41 bits per heavy atom. The van der Waals surface area contributed by atoms with Crippen LogP contribution in [0.15, 0.2) is 11.4 Å². The number of carbonyl (C=O) groups excluding carboxylic acids is 1. The summed E-state index contributed by atoms with van der Waals surface area (Å²) in [5, 5.41) is 8.22. The molecule has 0 unspecified atom stereocenters. The molecule has 0 atom stereocenters. The van der Waals surface area contributed by atoms with Crippen LogP contribution in [-0.4, -0.2) is 18.0 Å². The minimum atomic E-state index is -0.156. The average Bonchev–Trinajstić information content (AvgIpc) is 2.62. The van der Waals surface area contributed by atoms with Gasteiger partial charge in [0.1, 0.15) is 0 Å². The van der Waals surface area contributed by atoms with E-state index in [1.54, 1.807) is 11.3 Å². The minimum Gasteiger partial charge on any atom is -0.350 e. The van der Waals surface area contributed by atoms with E-state index in [-0.39, 0.29) is 11.4 Å². The molecule has 1 aromatic rings. The number of carbonyl (C=O) groups is 1. The maximum absolute atomic E-state index is 11.6. The first-order chi connectivity index (χ1) is 7.92. The molecule has 0 aliphatic carbocycles. The van der Waals surface area contributed by atoms with Crippen LogP contribution >= 0.6 is 11.3 Å². The van der Waals surface area contributed by atoms with E-state index in [0.29, 0.717) is 6.54 Å². The van der Waals surface area contributed by atoms with Crippen LogP contribution in [0.1, 0.15) is 38.1 Å². The van der Waals surface area contributed by atoms with Gasteiger partial charge in [-0.1, -0.05) is 6.92 Å². The first-order valence-corrected chi connectivity index (χ1v) is 6.87. The minimum absolute atomic E-state index is 0.0482. The van der Waals surface area contributed by atoms with Crippen molar-refractivity contribution in [2.75, 3.05) is 6.54 Å². The highest BCUT2D eigenvalue weighted by molar-refractivity contribution is 7.10. The summed E-state index contributed by atoms with van der Waals surface area (Å²) in [5.41, 5.74) is 1.22. The standard InChI is InChI=1S/C13H22N2OS/c1-5-10-6-7-17-11(10)8-14-9-12(16)15-13(2,3)4/h6-7,14H,5,8-9H2,1-4H3,(H,15,16). The lowest BCUT2D eigenvalue weighted by molar-refractivity contribution is -0.121. The topological polar surface area (TPSA) is 41.1 Å². The van der Waals surface area contributed by atoms with Gasteiger partial charge in [-0.25, -0.2) is 0 Å². The van der Waals surface area contributed by atoms with Crippen LogP contribution in [0.2, 0.25) is 0 Å². The van der Waals surface area contributed by atoms with Crippen LogP contribution in [0.4, 0.5) is 0 Å². The first-order valence-electron chi connectivity index (χ1n) is 5.99. The zero-order valence-electron chi connectivity index (χ0n) is 11.1. The summed E-state index contributed by atoms with van der Waals surface area (Å²) in [6, 6.07) is 2.15. The molecule has 2 N–H and O–H groups in total. The Bertz CT molecular complexity index is 366. The van der Waals surface area contributed by atoms with E-state index >= 15 is 0 Å². The van der Waals surface area contributed by atoms with Crippen LogP contribution in [0.25, 0.3) is 0 Å². The van der Waals surface area contributed by atoms with Gasteiger partial charge in [0.25, 0.3) is 0 Å². The zero-order valence-corrected chi connectivity index (χ0v) is 11.9. The van der Waals surface area contributed by atoms with E-state index in [9.17, 15) is 4.79 Å². The Hall–Kier alpha value is -0.870. The molecule has 0 bridgehead atoms. The summed E-state index contributed by atoms with van der Waals surface area (Å²) in [7, 11) is 0. The third-order valence-corrected chi connectivity index (χ3v) is 3.27. The Kier molecular flexibility index (Phi) is 5.15. The summed E-state index contributed by atoms with van der Waals surface area (Å²) in [6.07, 6.45) is 1.05. The van der Waals surface area contributed by atoms with Gasteiger partial charge >= 0.3 is 0 Å². The fourth-order valence-corrected chi connectivity index (χ4v) is 2.53. The third kappa shape index (κ3) is 5.33. The number of hydrogen-bond acceptors (Lipinski definition) is 3. The van der Waals surface area contributed by atoms with Crippen molar-refractivity contribution in [1.29, 1.82) is 0 Å². The maximum Gasteiger partial charge on any atom is 0.234 e. The molecule has 0 saturated heterocycles. The van der Waals surface area contributed by atoms with Gasteiger partial charge in [0.2, 0.25) is 5.91 Å². The second-order valence-corrected chi connectivity index (χ2v) is 6.12. The predicted octanol–water partition coefficient (Wildman–Crippen LogP) is 2.31. The van der Waals surface area contributed by atoms with Gasteiger partial charge in [0.15, 0.2) is 0 Å². The van der Waals surface area contributed by atoms with Crippen molar-refractivity contribution in [3.8, 4) is 0 Å². The largest absolute Gasteiger partial charge is 0.350 e. The Morgan fingerprint density at radius 2 is 2.12 bits per heavy atom. The van der Waals surface area contributed by atoms with Crippen molar-refractivity contribution in [3.05, 3.63) is 21.9 Å². The van der Waals surface area contributed by atoms with Gasteiger partial charge in [-0.05, 0) is 44.2 Å². The van der Waals surface area contributed by atoms with Crippen LogP contribution in [0.5, 0.6) is 0 Å². The molecule has 96 valence electrons. The van der Waals surface area contributed by atoms with E-state index in [2.05, 4.69) is 29.0 Å². The average molecular weight is 254 g/mol. The quantitative estimate of drug-likeness (QED) is 0.846. The van der Waals surface area contributed by atoms with Gasteiger partial charge in [-0.3, -0.25) is 4.79 Å². The molecule has 0 aromatic carbocycles. The van der Waals surface area contributed by atoms with E-state index in [0.717, 1.165) is 13.0 Å². The Morgan fingerprint density at radius 3 is 2.71 bits per heavy atom.